The molecule has 0 heterocycles. The normalized spacial score (nSPS) is 12.3. The highest BCUT2D eigenvalue weighted by Gasteiger charge is 2.11. The van der Waals surface area contributed by atoms with E-state index in [1.807, 2.05) is 0 Å². The Morgan fingerprint density at radius 1 is 1.37 bits per heavy atom. The number of carbonyl (C=O) groups excluding carboxylic acids is 2. The van der Waals surface area contributed by atoms with E-state index in [-0.39, 0.29) is 13.2 Å². The summed E-state index contributed by atoms with van der Waals surface area (Å²) in [4.78, 5) is 21.6. The van der Waals surface area contributed by atoms with Crippen molar-refractivity contribution in [2.45, 2.75) is 33.0 Å². The third-order valence-corrected chi connectivity index (χ3v) is 1.55. The number of carbonyl (C=O) groups is 2. The first-order valence-corrected chi connectivity index (χ1v) is 5.69. The van der Waals surface area contributed by atoms with Gasteiger partial charge in [-0.25, -0.2) is 9.59 Å². The van der Waals surface area contributed by atoms with Crippen LogP contribution in [0.2, 0.25) is 0 Å². The van der Waals surface area contributed by atoms with Gasteiger partial charge in [0.05, 0.1) is 12.7 Å². The molecule has 0 aliphatic heterocycles. The summed E-state index contributed by atoms with van der Waals surface area (Å²) >= 11 is 0. The zero-order chi connectivity index (χ0) is 15.4. The first kappa shape index (κ1) is 19.7. The van der Waals surface area contributed by atoms with E-state index in [9.17, 15) is 9.59 Å². The highest BCUT2D eigenvalue weighted by Crippen LogP contribution is 1.99. The number of hydrogen-bond donors (Lipinski definition) is 2. The van der Waals surface area contributed by atoms with Crippen LogP contribution in [0.5, 0.6) is 0 Å². The number of aliphatic hydroxyl groups is 2. The van der Waals surface area contributed by atoms with E-state index in [0.29, 0.717) is 5.57 Å². The first-order chi connectivity index (χ1) is 8.74. The maximum atomic E-state index is 11.0. The fourth-order valence-electron chi connectivity index (χ4n) is 0.576. The third kappa shape index (κ3) is 14.3. The lowest BCUT2D eigenvalue weighted by atomic mass is 10.3. The van der Waals surface area contributed by atoms with E-state index in [1.54, 1.807) is 13.8 Å². The molecule has 0 aromatic heterocycles. The molecular weight excluding hydrogens is 252 g/mol. The minimum Gasteiger partial charge on any atom is -0.459 e. The van der Waals surface area contributed by atoms with Crippen LogP contribution >= 0.6 is 0 Å². The van der Waals surface area contributed by atoms with Gasteiger partial charge >= 0.3 is 11.9 Å². The van der Waals surface area contributed by atoms with E-state index in [4.69, 9.17) is 14.9 Å². The Morgan fingerprint density at radius 2 is 1.84 bits per heavy atom. The second-order valence-corrected chi connectivity index (χ2v) is 3.86. The van der Waals surface area contributed by atoms with Crippen molar-refractivity contribution in [2.24, 2.45) is 0 Å². The Labute approximate surface area is 113 Å². The van der Waals surface area contributed by atoms with Crippen LogP contribution in [-0.4, -0.2) is 47.6 Å². The molecule has 2 unspecified atom stereocenters. The van der Waals surface area contributed by atoms with Crippen molar-refractivity contribution in [3.63, 3.8) is 0 Å². The van der Waals surface area contributed by atoms with E-state index in [0.717, 1.165) is 6.08 Å². The van der Waals surface area contributed by atoms with Gasteiger partial charge in [-0.15, -0.1) is 0 Å². The maximum absolute atomic E-state index is 11.0. The molecule has 19 heavy (non-hydrogen) atoms. The van der Waals surface area contributed by atoms with Gasteiger partial charge < -0.3 is 19.7 Å². The van der Waals surface area contributed by atoms with Gasteiger partial charge in [-0.2, -0.15) is 0 Å². The van der Waals surface area contributed by atoms with Crippen LogP contribution in [0.3, 0.4) is 0 Å². The Bertz CT molecular complexity index is 308. The number of hydrogen-bond acceptors (Lipinski definition) is 6. The summed E-state index contributed by atoms with van der Waals surface area (Å²) in [5.41, 5.74) is 0.312. The van der Waals surface area contributed by atoms with Gasteiger partial charge in [-0.05, 0) is 20.8 Å². The molecule has 0 aromatic rings. The van der Waals surface area contributed by atoms with Crippen LogP contribution in [0.15, 0.2) is 24.8 Å². The first-order valence-electron chi connectivity index (χ1n) is 5.69. The lowest BCUT2D eigenvalue weighted by Gasteiger charge is -2.12. The van der Waals surface area contributed by atoms with Crippen molar-refractivity contribution in [3.05, 3.63) is 24.8 Å². The number of rotatable bonds is 6. The average molecular weight is 274 g/mol. The van der Waals surface area contributed by atoms with Gasteiger partial charge in [0.1, 0.15) is 12.7 Å². The van der Waals surface area contributed by atoms with Crippen molar-refractivity contribution < 1.29 is 29.3 Å². The summed E-state index contributed by atoms with van der Waals surface area (Å²) < 4.78 is 9.53. The molecule has 0 aliphatic rings. The topological polar surface area (TPSA) is 93.1 Å². The van der Waals surface area contributed by atoms with Crippen molar-refractivity contribution in [1.29, 1.82) is 0 Å². The summed E-state index contributed by atoms with van der Waals surface area (Å²) in [5.74, 6) is -1.03. The molecule has 0 amide bonds. The zero-order valence-electron chi connectivity index (χ0n) is 11.6. The molecule has 0 radical (unpaired) electrons. The van der Waals surface area contributed by atoms with Crippen LogP contribution in [0, 0.1) is 0 Å². The monoisotopic (exact) mass is 274 g/mol. The largest absolute Gasteiger partial charge is 0.459 e. The molecule has 0 aliphatic carbocycles. The van der Waals surface area contributed by atoms with Crippen LogP contribution in [0.4, 0.5) is 0 Å². The fraction of sp³-hybridized carbons (Fsp3) is 0.538. The lowest BCUT2D eigenvalue weighted by molar-refractivity contribution is -0.152. The Hall–Kier alpha value is -1.66. The SMILES string of the molecule is C=CC(=O)OCC(C)OC(=O)C(=C)C.CC(O)CO. The Balaban J connectivity index is 0. The van der Waals surface area contributed by atoms with Crippen LogP contribution in [0.25, 0.3) is 0 Å². The molecule has 6 heteroatoms. The second kappa shape index (κ2) is 11.4. The van der Waals surface area contributed by atoms with Crippen molar-refractivity contribution in [2.75, 3.05) is 13.2 Å². The van der Waals surface area contributed by atoms with Crippen LogP contribution in [0.1, 0.15) is 20.8 Å². The molecule has 2 atom stereocenters. The van der Waals surface area contributed by atoms with Gasteiger partial charge in [-0.3, -0.25) is 0 Å². The third-order valence-electron chi connectivity index (χ3n) is 1.55. The number of esters is 2. The van der Waals surface area contributed by atoms with Gasteiger partial charge in [0.25, 0.3) is 0 Å². The molecule has 110 valence electrons. The van der Waals surface area contributed by atoms with Crippen molar-refractivity contribution in [1.82, 2.24) is 0 Å². The summed E-state index contributed by atoms with van der Waals surface area (Å²) in [6.45, 7) is 11.2. The van der Waals surface area contributed by atoms with E-state index >= 15 is 0 Å². The zero-order valence-corrected chi connectivity index (χ0v) is 11.6. The molecule has 0 rings (SSSR count). The molecule has 0 fully saturated rings. The van der Waals surface area contributed by atoms with Crippen LogP contribution < -0.4 is 0 Å². The van der Waals surface area contributed by atoms with E-state index in [1.165, 1.54) is 6.92 Å². The van der Waals surface area contributed by atoms with Gasteiger partial charge in [0.15, 0.2) is 0 Å². The van der Waals surface area contributed by atoms with Gasteiger partial charge in [0.2, 0.25) is 0 Å². The molecule has 6 nitrogen and oxygen atoms in total. The number of aliphatic hydroxyl groups excluding tert-OH is 2. The summed E-state index contributed by atoms with van der Waals surface area (Å²) in [6.07, 6.45) is 0.00548. The smallest absolute Gasteiger partial charge is 0.333 e. The standard InChI is InChI=1S/C10H14O4.C3H8O2/c1-5-9(11)13-6-8(4)14-10(12)7(2)3;1-3(5)2-4/h5,8H,1-2,6H2,3-4H3;3-5H,2H2,1H3. The van der Waals surface area contributed by atoms with E-state index in [2.05, 4.69) is 17.9 Å². The Morgan fingerprint density at radius 3 is 2.16 bits per heavy atom. The predicted molar refractivity (Wildman–Crippen MR) is 70.3 cm³/mol. The molecular formula is C13H22O6. The minimum absolute atomic E-state index is 0.0177. The second-order valence-electron chi connectivity index (χ2n) is 3.86. The molecule has 0 spiro atoms. The quantitative estimate of drug-likeness (QED) is 0.543. The predicted octanol–water partition coefficient (Wildman–Crippen LogP) is 0.583. The Kier molecular flexibility index (Phi) is 11.8. The molecule has 2 N–H and O–H groups in total. The van der Waals surface area contributed by atoms with E-state index < -0.39 is 24.1 Å². The molecule has 0 saturated carbocycles. The van der Waals surface area contributed by atoms with Gasteiger partial charge in [0, 0.05) is 11.6 Å². The van der Waals surface area contributed by atoms with Crippen molar-refractivity contribution in [3.8, 4) is 0 Å². The summed E-state index contributed by atoms with van der Waals surface area (Å²) in [7, 11) is 0. The number of ether oxygens (including phenoxy) is 2. The summed E-state index contributed by atoms with van der Waals surface area (Å²) in [6, 6.07) is 0. The molecule has 0 aromatic carbocycles. The fourth-order valence-corrected chi connectivity index (χ4v) is 0.576. The minimum atomic E-state index is -0.560. The molecule has 0 saturated heterocycles. The maximum Gasteiger partial charge on any atom is 0.333 e. The lowest BCUT2D eigenvalue weighted by Crippen LogP contribution is -2.22. The highest BCUT2D eigenvalue weighted by atomic mass is 16.6. The van der Waals surface area contributed by atoms with Crippen LogP contribution in [-0.2, 0) is 19.1 Å². The van der Waals surface area contributed by atoms with Gasteiger partial charge in [-0.1, -0.05) is 13.2 Å². The highest BCUT2D eigenvalue weighted by molar-refractivity contribution is 5.87. The summed E-state index contributed by atoms with van der Waals surface area (Å²) in [5, 5.41) is 16.0. The van der Waals surface area contributed by atoms with Crippen molar-refractivity contribution >= 4 is 11.9 Å². The average Bonchev–Trinajstić information content (AvgIpc) is 2.36. The molecule has 0 bridgehead atoms.